The first-order valence-electron chi connectivity index (χ1n) is 5.09. The topological polar surface area (TPSA) is 57.5 Å². The molecule has 0 spiro atoms. The molecule has 90 valence electrons. The van der Waals surface area contributed by atoms with E-state index in [2.05, 4.69) is 0 Å². The minimum atomic E-state index is -0.463. The number of halogens is 2. The van der Waals surface area contributed by atoms with Gasteiger partial charge in [0, 0.05) is 5.56 Å². The van der Waals surface area contributed by atoms with Crippen LogP contribution in [-0.4, -0.2) is 16.0 Å². The number of aromatic hydroxyl groups is 1. The predicted molar refractivity (Wildman–Crippen MR) is 69.8 cm³/mol. The average Bonchev–Trinajstić information content (AvgIpc) is 2.66. The van der Waals surface area contributed by atoms with E-state index in [9.17, 15) is 15.0 Å². The summed E-state index contributed by atoms with van der Waals surface area (Å²) in [6.45, 7) is 0. The average molecular weight is 281 g/mol. The standard InChI is InChI=1S/C13H6Cl2O3/c14-9-3-7-6-4-11(17)10(16)2-5(6)1-8(7)12(15)13(9)18/h1-4,16,18H. The number of hydrogen-bond donors (Lipinski definition) is 2. The summed E-state index contributed by atoms with van der Waals surface area (Å²) < 4.78 is 0. The number of rotatable bonds is 0. The van der Waals surface area contributed by atoms with Gasteiger partial charge in [-0.05, 0) is 41.0 Å². The lowest BCUT2D eigenvalue weighted by molar-refractivity contribution is -0.113. The molecule has 5 heteroatoms. The minimum absolute atomic E-state index is 0.125. The molecule has 0 aliphatic heterocycles. The highest BCUT2D eigenvalue weighted by Crippen LogP contribution is 2.47. The highest BCUT2D eigenvalue weighted by atomic mass is 35.5. The summed E-state index contributed by atoms with van der Waals surface area (Å²) in [5, 5.41) is 19.3. The van der Waals surface area contributed by atoms with Crippen LogP contribution in [0.25, 0.3) is 11.6 Å². The van der Waals surface area contributed by atoms with E-state index in [4.69, 9.17) is 23.2 Å². The third kappa shape index (κ3) is 1.41. The number of aliphatic hydroxyl groups excluding tert-OH is 1. The molecule has 3 nitrogen and oxygen atoms in total. The highest BCUT2D eigenvalue weighted by molar-refractivity contribution is 6.39. The van der Waals surface area contributed by atoms with Crippen molar-refractivity contribution in [2.75, 3.05) is 0 Å². The zero-order chi connectivity index (χ0) is 13.0. The SMILES string of the molecule is O=C1C=C2C(=Cc3c2cc(Cl)c(O)c3Cl)C=C1O. The van der Waals surface area contributed by atoms with Crippen molar-refractivity contribution in [3.8, 4) is 5.75 Å². The molecule has 0 fully saturated rings. The Labute approximate surface area is 112 Å². The number of hydrogen-bond acceptors (Lipinski definition) is 3. The molecule has 0 atom stereocenters. The smallest absolute Gasteiger partial charge is 0.220 e. The zero-order valence-corrected chi connectivity index (χ0v) is 10.4. The Bertz CT molecular complexity index is 697. The molecule has 1 aromatic rings. The number of aliphatic hydroxyl groups is 1. The first-order chi connectivity index (χ1) is 8.49. The molecule has 0 unspecified atom stereocenters. The van der Waals surface area contributed by atoms with Crippen molar-refractivity contribution in [3.05, 3.63) is 50.7 Å². The van der Waals surface area contributed by atoms with Crippen LogP contribution >= 0.6 is 23.2 Å². The molecule has 2 aliphatic carbocycles. The third-order valence-corrected chi connectivity index (χ3v) is 3.62. The maximum absolute atomic E-state index is 11.4. The maximum Gasteiger partial charge on any atom is 0.220 e. The van der Waals surface area contributed by atoms with Gasteiger partial charge in [0.1, 0.15) is 0 Å². The summed E-state index contributed by atoms with van der Waals surface area (Å²) >= 11 is 11.9. The van der Waals surface area contributed by atoms with E-state index >= 15 is 0 Å². The summed E-state index contributed by atoms with van der Waals surface area (Å²) in [7, 11) is 0. The summed E-state index contributed by atoms with van der Waals surface area (Å²) in [5.41, 5.74) is 2.59. The van der Waals surface area contributed by atoms with Gasteiger partial charge in [0.2, 0.25) is 5.78 Å². The van der Waals surface area contributed by atoms with Crippen LogP contribution in [0.15, 0.2) is 29.6 Å². The second-order valence-corrected chi connectivity index (χ2v) is 4.82. The van der Waals surface area contributed by atoms with Crippen LogP contribution in [0.2, 0.25) is 10.0 Å². The van der Waals surface area contributed by atoms with E-state index in [0.717, 1.165) is 0 Å². The number of carbonyl (C=O) groups excluding carboxylic acids is 1. The molecule has 2 aliphatic rings. The second kappa shape index (κ2) is 3.64. The van der Waals surface area contributed by atoms with Crippen LogP contribution in [0.3, 0.4) is 0 Å². The van der Waals surface area contributed by atoms with Gasteiger partial charge >= 0.3 is 0 Å². The van der Waals surface area contributed by atoms with E-state index in [1.54, 1.807) is 12.1 Å². The van der Waals surface area contributed by atoms with Crippen molar-refractivity contribution < 1.29 is 15.0 Å². The predicted octanol–water partition coefficient (Wildman–Crippen LogP) is 3.50. The van der Waals surface area contributed by atoms with Crippen LogP contribution in [-0.2, 0) is 4.79 Å². The van der Waals surface area contributed by atoms with E-state index in [0.29, 0.717) is 22.3 Å². The first-order valence-corrected chi connectivity index (χ1v) is 5.84. The van der Waals surface area contributed by atoms with Crippen molar-refractivity contribution in [1.82, 2.24) is 0 Å². The molecule has 0 amide bonds. The van der Waals surface area contributed by atoms with Crippen LogP contribution < -0.4 is 0 Å². The van der Waals surface area contributed by atoms with E-state index < -0.39 is 5.78 Å². The van der Waals surface area contributed by atoms with Crippen LogP contribution in [0.4, 0.5) is 0 Å². The Hall–Kier alpha value is -1.71. The normalized spacial score (nSPS) is 16.8. The third-order valence-electron chi connectivity index (χ3n) is 2.95. The molecule has 2 N–H and O–H groups in total. The molecule has 0 saturated carbocycles. The van der Waals surface area contributed by atoms with Crippen LogP contribution in [0, 0.1) is 0 Å². The van der Waals surface area contributed by atoms with E-state index in [1.165, 1.54) is 12.2 Å². The monoisotopic (exact) mass is 280 g/mol. The summed E-state index contributed by atoms with van der Waals surface area (Å²) in [6.07, 6.45) is 4.40. The zero-order valence-electron chi connectivity index (χ0n) is 8.87. The molecular formula is C13H6Cl2O3. The van der Waals surface area contributed by atoms with Crippen molar-refractivity contribution in [2.24, 2.45) is 0 Å². The molecule has 1 aromatic carbocycles. The molecule has 3 rings (SSSR count). The van der Waals surface area contributed by atoms with Gasteiger partial charge in [-0.2, -0.15) is 0 Å². The van der Waals surface area contributed by atoms with Crippen LogP contribution in [0.1, 0.15) is 11.1 Å². The highest BCUT2D eigenvalue weighted by Gasteiger charge is 2.27. The summed E-state index contributed by atoms with van der Waals surface area (Å²) in [5.74, 6) is -0.965. The van der Waals surface area contributed by atoms with Crippen molar-refractivity contribution in [2.45, 2.75) is 0 Å². The van der Waals surface area contributed by atoms with Gasteiger partial charge in [-0.3, -0.25) is 4.79 Å². The molecule has 0 radical (unpaired) electrons. The molecule has 0 heterocycles. The maximum atomic E-state index is 11.4. The molecule has 0 bridgehead atoms. The fourth-order valence-corrected chi connectivity index (χ4v) is 2.59. The molecule has 0 saturated heterocycles. The number of allylic oxidation sites excluding steroid dienone is 4. The lowest BCUT2D eigenvalue weighted by atomic mass is 9.96. The lowest BCUT2D eigenvalue weighted by Crippen LogP contribution is -2.04. The van der Waals surface area contributed by atoms with Gasteiger partial charge in [0.15, 0.2) is 11.5 Å². The number of fused-ring (bicyclic) bond motifs is 3. The number of carbonyl (C=O) groups is 1. The van der Waals surface area contributed by atoms with Gasteiger partial charge in [-0.15, -0.1) is 0 Å². The Morgan fingerprint density at radius 2 is 1.78 bits per heavy atom. The summed E-state index contributed by atoms with van der Waals surface area (Å²) in [4.78, 5) is 11.4. The minimum Gasteiger partial charge on any atom is -0.505 e. The second-order valence-electron chi connectivity index (χ2n) is 4.03. The molecular weight excluding hydrogens is 275 g/mol. The Morgan fingerprint density at radius 1 is 1.06 bits per heavy atom. The van der Waals surface area contributed by atoms with Gasteiger partial charge in [0.25, 0.3) is 0 Å². The Morgan fingerprint density at radius 3 is 2.50 bits per heavy atom. The number of ketones is 1. The fraction of sp³-hybridized carbons (Fsp3) is 0. The quantitative estimate of drug-likeness (QED) is 0.765. The van der Waals surface area contributed by atoms with Gasteiger partial charge < -0.3 is 10.2 Å². The van der Waals surface area contributed by atoms with Gasteiger partial charge in [0.05, 0.1) is 10.0 Å². The van der Waals surface area contributed by atoms with Crippen molar-refractivity contribution in [1.29, 1.82) is 0 Å². The summed E-state index contributed by atoms with van der Waals surface area (Å²) in [6, 6.07) is 1.55. The first kappa shape index (κ1) is 11.4. The van der Waals surface area contributed by atoms with Gasteiger partial charge in [-0.1, -0.05) is 23.2 Å². The van der Waals surface area contributed by atoms with E-state index in [-0.39, 0.29) is 21.6 Å². The Kier molecular flexibility index (Phi) is 2.30. The lowest BCUT2D eigenvalue weighted by Gasteiger charge is -2.10. The van der Waals surface area contributed by atoms with Crippen LogP contribution in [0.5, 0.6) is 5.75 Å². The largest absolute Gasteiger partial charge is 0.505 e. The van der Waals surface area contributed by atoms with Crippen molar-refractivity contribution >= 4 is 40.6 Å². The molecule has 18 heavy (non-hydrogen) atoms. The number of benzene rings is 1. The number of phenols is 1. The Balaban J connectivity index is 2.30. The molecule has 0 aromatic heterocycles. The van der Waals surface area contributed by atoms with E-state index in [1.807, 2.05) is 0 Å². The number of phenolic OH excluding ortho intramolecular Hbond substituents is 1. The fourth-order valence-electron chi connectivity index (χ4n) is 2.08. The van der Waals surface area contributed by atoms with Gasteiger partial charge in [-0.25, -0.2) is 0 Å². The van der Waals surface area contributed by atoms with Crippen molar-refractivity contribution in [3.63, 3.8) is 0 Å².